The van der Waals surface area contributed by atoms with E-state index in [0.29, 0.717) is 25.5 Å². The molecule has 1 heterocycles. The van der Waals surface area contributed by atoms with Crippen molar-refractivity contribution in [1.82, 2.24) is 10.6 Å². The fourth-order valence-corrected chi connectivity index (χ4v) is 4.50. The molecule has 1 atom stereocenters. The number of aliphatic imine (C=N–C) groups is 1. The molecule has 0 spiro atoms. The van der Waals surface area contributed by atoms with Crippen LogP contribution in [-0.2, 0) is 16.4 Å². The van der Waals surface area contributed by atoms with E-state index in [4.69, 9.17) is 5.14 Å². The lowest BCUT2D eigenvalue weighted by atomic mass is 10.1. The summed E-state index contributed by atoms with van der Waals surface area (Å²) in [5.41, 5.74) is 0.982. The van der Waals surface area contributed by atoms with E-state index in [2.05, 4.69) is 15.6 Å². The van der Waals surface area contributed by atoms with Gasteiger partial charge in [-0.15, -0.1) is 11.3 Å². The molecule has 0 aliphatic rings. The highest BCUT2D eigenvalue weighted by Gasteiger charge is 2.11. The molecule has 0 radical (unpaired) electrons. The van der Waals surface area contributed by atoms with Gasteiger partial charge in [0.25, 0.3) is 0 Å². The largest absolute Gasteiger partial charge is 0.386 e. The van der Waals surface area contributed by atoms with Crippen molar-refractivity contribution in [2.75, 3.05) is 19.6 Å². The molecule has 1 aromatic heterocycles. The van der Waals surface area contributed by atoms with Crippen molar-refractivity contribution in [1.29, 1.82) is 0 Å². The summed E-state index contributed by atoms with van der Waals surface area (Å²) in [6.07, 6.45) is 0.0253. The first kappa shape index (κ1) is 22.2. The van der Waals surface area contributed by atoms with E-state index in [1.54, 1.807) is 23.5 Å². The fraction of sp³-hybridized carbons (Fsp3) is 0.286. The monoisotopic (exact) mass is 446 g/mol. The standard InChI is InChI=1S/C21H26N4O3S2/c1-2-23-21(24-12-11-15-7-9-17(10-8-15)30(22,27)28)25-14-18(26)20-13-16-5-3-4-6-19(16)29-20/h3-10,13,18,26H,2,11-12,14H2,1H3,(H2,22,27,28)(H2,23,24,25). The summed E-state index contributed by atoms with van der Waals surface area (Å²) in [7, 11) is -3.68. The van der Waals surface area contributed by atoms with Crippen molar-refractivity contribution < 1.29 is 13.5 Å². The summed E-state index contributed by atoms with van der Waals surface area (Å²) in [6.45, 7) is 3.55. The molecular formula is C21H26N4O3S2. The Bertz CT molecular complexity index is 1080. The number of rotatable bonds is 8. The quantitative estimate of drug-likeness (QED) is 0.313. The van der Waals surface area contributed by atoms with Crippen LogP contribution in [0.3, 0.4) is 0 Å². The van der Waals surface area contributed by atoms with E-state index in [1.807, 2.05) is 37.3 Å². The summed E-state index contributed by atoms with van der Waals surface area (Å²) < 4.78 is 23.8. The zero-order valence-corrected chi connectivity index (χ0v) is 18.3. The number of thiophene rings is 1. The smallest absolute Gasteiger partial charge is 0.238 e. The minimum absolute atomic E-state index is 0.101. The fourth-order valence-electron chi connectivity index (χ4n) is 2.95. The van der Waals surface area contributed by atoms with Crippen molar-refractivity contribution in [3.05, 3.63) is 65.0 Å². The Morgan fingerprint density at radius 2 is 1.90 bits per heavy atom. The number of nitrogens with zero attached hydrogens (tertiary/aromatic N) is 1. The van der Waals surface area contributed by atoms with Crippen LogP contribution in [0.5, 0.6) is 0 Å². The van der Waals surface area contributed by atoms with Gasteiger partial charge in [-0.25, -0.2) is 13.6 Å². The number of hydrogen-bond donors (Lipinski definition) is 4. The van der Waals surface area contributed by atoms with Crippen molar-refractivity contribution in [3.63, 3.8) is 0 Å². The Balaban J connectivity index is 1.56. The van der Waals surface area contributed by atoms with E-state index >= 15 is 0 Å². The third kappa shape index (κ3) is 6.02. The van der Waals surface area contributed by atoms with Crippen LogP contribution in [0.15, 0.2) is 64.5 Å². The summed E-state index contributed by atoms with van der Waals surface area (Å²) >= 11 is 1.58. The Morgan fingerprint density at radius 3 is 2.57 bits per heavy atom. The van der Waals surface area contributed by atoms with E-state index in [1.165, 1.54) is 12.1 Å². The summed E-state index contributed by atoms with van der Waals surface area (Å²) in [6, 6.07) is 16.6. The molecule has 0 bridgehead atoms. The lowest BCUT2D eigenvalue weighted by Gasteiger charge is -2.13. The van der Waals surface area contributed by atoms with Crippen LogP contribution in [-0.4, -0.2) is 39.1 Å². The number of aliphatic hydroxyl groups excluding tert-OH is 1. The number of primary sulfonamides is 1. The minimum atomic E-state index is -3.68. The lowest BCUT2D eigenvalue weighted by Crippen LogP contribution is -2.38. The Hall–Kier alpha value is -2.46. The van der Waals surface area contributed by atoms with Gasteiger partial charge in [0.15, 0.2) is 5.96 Å². The molecule has 0 saturated carbocycles. The number of benzene rings is 2. The van der Waals surface area contributed by atoms with Crippen LogP contribution < -0.4 is 15.8 Å². The number of nitrogens with two attached hydrogens (primary N) is 1. The van der Waals surface area contributed by atoms with Crippen LogP contribution in [0.4, 0.5) is 0 Å². The van der Waals surface area contributed by atoms with Gasteiger partial charge in [0.2, 0.25) is 10.0 Å². The van der Waals surface area contributed by atoms with Gasteiger partial charge in [0.1, 0.15) is 6.10 Å². The molecule has 0 aliphatic heterocycles. The van der Waals surface area contributed by atoms with Crippen molar-refractivity contribution in [3.8, 4) is 0 Å². The maximum Gasteiger partial charge on any atom is 0.238 e. The van der Waals surface area contributed by atoms with E-state index in [9.17, 15) is 13.5 Å². The zero-order chi connectivity index (χ0) is 21.6. The molecule has 3 aromatic rings. The molecule has 0 saturated heterocycles. The topological polar surface area (TPSA) is 117 Å². The van der Waals surface area contributed by atoms with Gasteiger partial charge in [-0.2, -0.15) is 0 Å². The van der Waals surface area contributed by atoms with Crippen LogP contribution >= 0.6 is 11.3 Å². The predicted octanol–water partition coefficient (Wildman–Crippen LogP) is 2.38. The number of fused-ring (bicyclic) bond motifs is 1. The van der Waals surface area contributed by atoms with E-state index < -0.39 is 16.1 Å². The van der Waals surface area contributed by atoms with E-state index in [0.717, 1.165) is 20.5 Å². The van der Waals surface area contributed by atoms with Gasteiger partial charge < -0.3 is 15.7 Å². The van der Waals surface area contributed by atoms with Crippen molar-refractivity contribution in [2.45, 2.75) is 24.3 Å². The van der Waals surface area contributed by atoms with Crippen molar-refractivity contribution >= 4 is 37.4 Å². The normalized spacial score (nSPS) is 13.4. The average molecular weight is 447 g/mol. The first-order valence-corrected chi connectivity index (χ1v) is 12.0. The number of hydrogen-bond acceptors (Lipinski definition) is 5. The van der Waals surface area contributed by atoms with Crippen LogP contribution in [0.1, 0.15) is 23.5 Å². The highest BCUT2D eigenvalue weighted by Crippen LogP contribution is 2.29. The predicted molar refractivity (Wildman–Crippen MR) is 122 cm³/mol. The number of nitrogens with one attached hydrogen (secondary N) is 2. The second-order valence-corrected chi connectivity index (χ2v) is 9.46. The molecule has 3 rings (SSSR count). The third-order valence-electron chi connectivity index (χ3n) is 4.50. The summed E-state index contributed by atoms with van der Waals surface area (Å²) in [5, 5.41) is 23.2. The van der Waals surface area contributed by atoms with Gasteiger partial charge in [0, 0.05) is 22.7 Å². The molecule has 0 fully saturated rings. The van der Waals surface area contributed by atoms with Crippen molar-refractivity contribution in [2.24, 2.45) is 10.1 Å². The van der Waals surface area contributed by atoms with Crippen LogP contribution in [0.25, 0.3) is 10.1 Å². The van der Waals surface area contributed by atoms with Crippen LogP contribution in [0.2, 0.25) is 0 Å². The maximum absolute atomic E-state index is 11.3. The van der Waals surface area contributed by atoms with Gasteiger partial charge in [-0.3, -0.25) is 4.99 Å². The van der Waals surface area contributed by atoms with Gasteiger partial charge in [0.05, 0.1) is 11.4 Å². The second-order valence-electron chi connectivity index (χ2n) is 6.79. The molecule has 1 unspecified atom stereocenters. The molecule has 5 N–H and O–H groups in total. The zero-order valence-electron chi connectivity index (χ0n) is 16.7. The van der Waals surface area contributed by atoms with E-state index in [-0.39, 0.29) is 11.4 Å². The molecule has 30 heavy (non-hydrogen) atoms. The molecule has 160 valence electrons. The third-order valence-corrected chi connectivity index (χ3v) is 6.64. The molecule has 9 heteroatoms. The van der Waals surface area contributed by atoms with Gasteiger partial charge in [-0.05, 0) is 48.6 Å². The Kier molecular flexibility index (Phi) is 7.43. The summed E-state index contributed by atoms with van der Waals surface area (Å²) in [4.78, 5) is 5.49. The first-order chi connectivity index (χ1) is 14.4. The van der Waals surface area contributed by atoms with Crippen LogP contribution in [0, 0.1) is 0 Å². The molecule has 2 aromatic carbocycles. The Labute approximate surface area is 180 Å². The molecule has 0 aliphatic carbocycles. The summed E-state index contributed by atoms with van der Waals surface area (Å²) in [5.74, 6) is 0.624. The molecule has 7 nitrogen and oxygen atoms in total. The minimum Gasteiger partial charge on any atom is -0.386 e. The first-order valence-electron chi connectivity index (χ1n) is 9.67. The maximum atomic E-state index is 11.3. The average Bonchev–Trinajstić information content (AvgIpc) is 3.16. The molecule has 0 amide bonds. The van der Waals surface area contributed by atoms with Gasteiger partial charge >= 0.3 is 0 Å². The lowest BCUT2D eigenvalue weighted by molar-refractivity contribution is 0.191. The van der Waals surface area contributed by atoms with Gasteiger partial charge in [-0.1, -0.05) is 30.3 Å². The number of sulfonamides is 1. The molecular weight excluding hydrogens is 420 g/mol. The highest BCUT2D eigenvalue weighted by atomic mass is 32.2. The highest BCUT2D eigenvalue weighted by molar-refractivity contribution is 7.89. The Morgan fingerprint density at radius 1 is 1.17 bits per heavy atom. The number of aliphatic hydroxyl groups is 1. The SMILES string of the molecule is CCNC(=NCC(O)c1cc2ccccc2s1)NCCc1ccc(S(N)(=O)=O)cc1. The number of guanidine groups is 1. The second kappa shape index (κ2) is 10.0.